The predicted octanol–water partition coefficient (Wildman–Crippen LogP) is 2.95. The molecule has 0 saturated carbocycles. The van der Waals surface area contributed by atoms with Crippen molar-refractivity contribution in [3.05, 3.63) is 65.7 Å². The number of carbonyl (C=O) groups excluding carboxylic acids is 1. The van der Waals surface area contributed by atoms with Crippen LogP contribution in [0, 0.1) is 5.41 Å². The second-order valence-electron chi connectivity index (χ2n) is 3.80. The van der Waals surface area contributed by atoms with E-state index in [1.165, 1.54) is 0 Å². The maximum absolute atomic E-state index is 12.1. The zero-order chi connectivity index (χ0) is 13.0. The number of nitrogens with one attached hydrogen (secondary N) is 1. The van der Waals surface area contributed by atoms with Gasteiger partial charge < -0.3 is 4.74 Å². The molecule has 0 saturated heterocycles. The van der Waals surface area contributed by atoms with Crippen molar-refractivity contribution in [1.29, 1.82) is 5.41 Å². The molecule has 0 fully saturated rings. The number of benzene rings is 2. The lowest BCUT2D eigenvalue weighted by molar-refractivity contribution is 0.106. The Morgan fingerprint density at radius 3 is 2.11 bits per heavy atom. The molecule has 0 aliphatic rings. The van der Waals surface area contributed by atoms with E-state index < -0.39 is 0 Å². The third-order valence-corrected chi connectivity index (χ3v) is 2.64. The van der Waals surface area contributed by atoms with E-state index >= 15 is 0 Å². The second-order valence-corrected chi connectivity index (χ2v) is 3.80. The van der Waals surface area contributed by atoms with Crippen LogP contribution in [0.4, 0.5) is 0 Å². The topological polar surface area (TPSA) is 50.2 Å². The Labute approximate surface area is 106 Å². The van der Waals surface area contributed by atoms with Gasteiger partial charge in [0.25, 0.3) is 0 Å². The Kier molecular flexibility index (Phi) is 3.53. The van der Waals surface area contributed by atoms with Crippen LogP contribution in [0.5, 0.6) is 5.75 Å². The van der Waals surface area contributed by atoms with Gasteiger partial charge in [-0.3, -0.25) is 10.2 Å². The standard InChI is InChI=1S/C15H13NO2/c1-18-13-9-7-12(8-10-13)15(17)14(16)11-5-3-2-4-6-11/h2-10,16H,1H3. The second kappa shape index (κ2) is 5.27. The van der Waals surface area contributed by atoms with Crippen molar-refractivity contribution in [2.75, 3.05) is 7.11 Å². The van der Waals surface area contributed by atoms with Crippen LogP contribution in [0.1, 0.15) is 15.9 Å². The molecule has 0 radical (unpaired) electrons. The molecule has 0 heterocycles. The van der Waals surface area contributed by atoms with Crippen LogP contribution in [0.3, 0.4) is 0 Å². The van der Waals surface area contributed by atoms with E-state index in [9.17, 15) is 4.79 Å². The third-order valence-electron chi connectivity index (χ3n) is 2.64. The molecule has 18 heavy (non-hydrogen) atoms. The highest BCUT2D eigenvalue weighted by Gasteiger charge is 2.13. The Bertz CT molecular complexity index is 559. The minimum absolute atomic E-state index is 0.000710. The number of ether oxygens (including phenoxy) is 1. The third kappa shape index (κ3) is 2.46. The molecule has 0 bridgehead atoms. The van der Waals surface area contributed by atoms with Crippen molar-refractivity contribution in [1.82, 2.24) is 0 Å². The van der Waals surface area contributed by atoms with Crippen LogP contribution < -0.4 is 4.74 Å². The van der Waals surface area contributed by atoms with Gasteiger partial charge in [0.15, 0.2) is 0 Å². The van der Waals surface area contributed by atoms with E-state index in [4.69, 9.17) is 10.1 Å². The Morgan fingerprint density at radius 1 is 0.944 bits per heavy atom. The van der Waals surface area contributed by atoms with Gasteiger partial charge in [0.05, 0.1) is 7.11 Å². The molecule has 0 atom stereocenters. The first-order chi connectivity index (χ1) is 8.72. The van der Waals surface area contributed by atoms with Gasteiger partial charge in [-0.05, 0) is 24.3 Å². The molecule has 3 nitrogen and oxygen atoms in total. The molecule has 0 spiro atoms. The van der Waals surface area contributed by atoms with E-state index in [0.717, 1.165) is 0 Å². The monoisotopic (exact) mass is 239 g/mol. The zero-order valence-electron chi connectivity index (χ0n) is 10.0. The quantitative estimate of drug-likeness (QED) is 0.658. The van der Waals surface area contributed by atoms with Gasteiger partial charge in [-0.25, -0.2) is 0 Å². The Morgan fingerprint density at radius 2 is 1.56 bits per heavy atom. The minimum Gasteiger partial charge on any atom is -0.497 e. The van der Waals surface area contributed by atoms with Gasteiger partial charge >= 0.3 is 0 Å². The van der Waals surface area contributed by atoms with Crippen LogP contribution in [-0.4, -0.2) is 18.6 Å². The summed E-state index contributed by atoms with van der Waals surface area (Å²) in [5.74, 6) is 0.404. The SMILES string of the molecule is COc1ccc(C(=O)C(=N)c2ccccc2)cc1. The molecule has 0 aromatic heterocycles. The molecule has 90 valence electrons. The van der Waals surface area contributed by atoms with Crippen molar-refractivity contribution in [3.8, 4) is 5.75 Å². The zero-order valence-corrected chi connectivity index (χ0v) is 10.0. The van der Waals surface area contributed by atoms with Crippen molar-refractivity contribution in [3.63, 3.8) is 0 Å². The molecule has 0 aliphatic heterocycles. The Balaban J connectivity index is 2.23. The van der Waals surface area contributed by atoms with Crippen molar-refractivity contribution < 1.29 is 9.53 Å². The summed E-state index contributed by atoms with van der Waals surface area (Å²) in [7, 11) is 1.57. The molecule has 2 rings (SSSR count). The van der Waals surface area contributed by atoms with Crippen molar-refractivity contribution in [2.24, 2.45) is 0 Å². The number of carbonyl (C=O) groups is 1. The predicted molar refractivity (Wildman–Crippen MR) is 70.6 cm³/mol. The largest absolute Gasteiger partial charge is 0.497 e. The lowest BCUT2D eigenvalue weighted by atomic mass is 10.0. The van der Waals surface area contributed by atoms with E-state index in [1.807, 2.05) is 18.2 Å². The fraction of sp³-hybridized carbons (Fsp3) is 0.0667. The lowest BCUT2D eigenvalue weighted by Crippen LogP contribution is -2.14. The highest BCUT2D eigenvalue weighted by Crippen LogP contribution is 2.13. The minimum atomic E-state index is -0.288. The smallest absolute Gasteiger partial charge is 0.211 e. The lowest BCUT2D eigenvalue weighted by Gasteiger charge is -2.04. The number of ketones is 1. The van der Waals surface area contributed by atoms with Crippen molar-refractivity contribution >= 4 is 11.5 Å². The fourth-order valence-electron chi connectivity index (χ4n) is 1.62. The molecule has 2 aromatic rings. The average molecular weight is 239 g/mol. The van der Waals surface area contributed by atoms with Crippen LogP contribution in [0.15, 0.2) is 54.6 Å². The number of hydrogen-bond acceptors (Lipinski definition) is 3. The molecule has 2 aromatic carbocycles. The highest BCUT2D eigenvalue weighted by molar-refractivity contribution is 6.50. The fourth-order valence-corrected chi connectivity index (χ4v) is 1.62. The van der Waals surface area contributed by atoms with E-state index in [-0.39, 0.29) is 11.5 Å². The number of rotatable bonds is 4. The summed E-state index contributed by atoms with van der Waals surface area (Å²) in [6.45, 7) is 0. The van der Waals surface area contributed by atoms with Crippen LogP contribution in [0.25, 0.3) is 0 Å². The summed E-state index contributed by atoms with van der Waals surface area (Å²) in [6, 6.07) is 15.7. The normalized spacial score (nSPS) is 9.83. The van der Waals surface area contributed by atoms with E-state index in [2.05, 4.69) is 0 Å². The number of methoxy groups -OCH3 is 1. The van der Waals surface area contributed by atoms with E-state index in [0.29, 0.717) is 16.9 Å². The van der Waals surface area contributed by atoms with Crippen molar-refractivity contribution in [2.45, 2.75) is 0 Å². The van der Waals surface area contributed by atoms with Crippen LogP contribution in [-0.2, 0) is 0 Å². The highest BCUT2D eigenvalue weighted by atomic mass is 16.5. The Hall–Kier alpha value is -2.42. The van der Waals surface area contributed by atoms with Gasteiger partial charge in [-0.1, -0.05) is 30.3 Å². The van der Waals surface area contributed by atoms with Gasteiger partial charge in [0, 0.05) is 11.1 Å². The molecule has 1 N–H and O–H groups in total. The van der Waals surface area contributed by atoms with Gasteiger partial charge in [0.1, 0.15) is 11.5 Å². The van der Waals surface area contributed by atoms with Gasteiger partial charge in [0.2, 0.25) is 5.78 Å². The molecule has 0 amide bonds. The molecule has 3 heteroatoms. The summed E-state index contributed by atoms with van der Waals surface area (Å²) in [4.78, 5) is 12.1. The van der Waals surface area contributed by atoms with Crippen LogP contribution >= 0.6 is 0 Å². The maximum Gasteiger partial charge on any atom is 0.211 e. The summed E-state index contributed by atoms with van der Waals surface area (Å²) in [5, 5.41) is 7.89. The summed E-state index contributed by atoms with van der Waals surface area (Å²) in [6.07, 6.45) is 0. The summed E-state index contributed by atoms with van der Waals surface area (Å²) >= 11 is 0. The van der Waals surface area contributed by atoms with E-state index in [1.54, 1.807) is 43.5 Å². The van der Waals surface area contributed by atoms with Gasteiger partial charge in [-0.2, -0.15) is 0 Å². The number of Topliss-reactive ketones (excluding diaryl/α,β-unsaturated/α-hetero) is 1. The molecular weight excluding hydrogens is 226 g/mol. The first kappa shape index (κ1) is 12.0. The summed E-state index contributed by atoms with van der Waals surface area (Å²) in [5.41, 5.74) is 1.11. The molecule has 0 aliphatic carbocycles. The number of hydrogen-bond donors (Lipinski definition) is 1. The first-order valence-corrected chi connectivity index (χ1v) is 5.55. The summed E-state index contributed by atoms with van der Waals surface area (Å²) < 4.78 is 5.03. The first-order valence-electron chi connectivity index (χ1n) is 5.55. The molecule has 0 unspecified atom stereocenters. The van der Waals surface area contributed by atoms with Gasteiger partial charge in [-0.15, -0.1) is 0 Å². The van der Waals surface area contributed by atoms with Crippen LogP contribution in [0.2, 0.25) is 0 Å². The maximum atomic E-state index is 12.1. The molecular formula is C15H13NO2. The average Bonchev–Trinajstić information content (AvgIpc) is 2.47.